The second-order valence-electron chi connectivity index (χ2n) is 6.89. The lowest BCUT2D eigenvalue weighted by Crippen LogP contribution is -2.30. The summed E-state index contributed by atoms with van der Waals surface area (Å²) in [6, 6.07) is 0. The van der Waals surface area contributed by atoms with Crippen molar-refractivity contribution in [3.63, 3.8) is 0 Å². The van der Waals surface area contributed by atoms with Crippen LogP contribution in [-0.4, -0.2) is 35.7 Å². The molecule has 0 aromatic heterocycles. The third-order valence-corrected chi connectivity index (χ3v) is 3.59. The number of hydrogen-bond donors (Lipinski definition) is 1. The highest BCUT2D eigenvalue weighted by atomic mass is 16.3. The van der Waals surface area contributed by atoms with E-state index in [2.05, 4.69) is 39.6 Å². The van der Waals surface area contributed by atoms with Gasteiger partial charge in [0.25, 0.3) is 0 Å². The van der Waals surface area contributed by atoms with Crippen LogP contribution < -0.4 is 0 Å². The van der Waals surface area contributed by atoms with Gasteiger partial charge in [-0.3, -0.25) is 0 Å². The molecule has 0 rings (SSSR count). The highest BCUT2D eigenvalue weighted by molar-refractivity contribution is 4.71. The highest BCUT2D eigenvalue weighted by Gasteiger charge is 2.17. The first-order valence-electron chi connectivity index (χ1n) is 7.02. The average Bonchev–Trinajstić information content (AvgIpc) is 2.11. The molecular weight excluding hydrogens is 210 g/mol. The Labute approximate surface area is 108 Å². The Morgan fingerprint density at radius 3 is 2.06 bits per heavy atom. The van der Waals surface area contributed by atoms with E-state index in [1.165, 1.54) is 13.0 Å². The summed E-state index contributed by atoms with van der Waals surface area (Å²) in [6.07, 6.45) is 2.06. The number of aliphatic hydroxyl groups is 1. The molecule has 0 aromatic rings. The first-order chi connectivity index (χ1) is 7.61. The lowest BCUT2D eigenvalue weighted by atomic mass is 9.92. The van der Waals surface area contributed by atoms with Crippen LogP contribution in [0.5, 0.6) is 0 Å². The Kier molecular flexibility index (Phi) is 7.34. The molecule has 2 heteroatoms. The molecule has 1 N–H and O–H groups in total. The van der Waals surface area contributed by atoms with Crippen LogP contribution in [0.15, 0.2) is 0 Å². The van der Waals surface area contributed by atoms with Gasteiger partial charge in [-0.05, 0) is 58.0 Å². The van der Waals surface area contributed by atoms with Crippen LogP contribution in [0.3, 0.4) is 0 Å². The SMILES string of the molecule is CC(CCN(C)CC(C)C(C)C)CC(C)(C)O. The first kappa shape index (κ1) is 16.9. The summed E-state index contributed by atoms with van der Waals surface area (Å²) in [6.45, 7) is 15.2. The van der Waals surface area contributed by atoms with Gasteiger partial charge in [-0.25, -0.2) is 0 Å². The Morgan fingerprint density at radius 2 is 1.65 bits per heavy atom. The predicted molar refractivity (Wildman–Crippen MR) is 76.2 cm³/mol. The van der Waals surface area contributed by atoms with Crippen LogP contribution in [0.25, 0.3) is 0 Å². The molecule has 0 aliphatic rings. The molecule has 2 unspecified atom stereocenters. The molecule has 0 amide bonds. The Morgan fingerprint density at radius 1 is 1.12 bits per heavy atom. The zero-order valence-electron chi connectivity index (χ0n) is 13.0. The summed E-state index contributed by atoms with van der Waals surface area (Å²) in [5, 5.41) is 9.76. The summed E-state index contributed by atoms with van der Waals surface area (Å²) >= 11 is 0. The molecule has 2 nitrogen and oxygen atoms in total. The maximum absolute atomic E-state index is 9.76. The zero-order chi connectivity index (χ0) is 13.6. The Hall–Kier alpha value is -0.0800. The highest BCUT2D eigenvalue weighted by Crippen LogP contribution is 2.19. The van der Waals surface area contributed by atoms with Gasteiger partial charge in [0.05, 0.1) is 5.60 Å². The average molecular weight is 243 g/mol. The van der Waals surface area contributed by atoms with Crippen LogP contribution in [0.1, 0.15) is 54.4 Å². The second kappa shape index (κ2) is 7.38. The Bertz CT molecular complexity index is 196. The van der Waals surface area contributed by atoms with Crippen LogP contribution in [0, 0.1) is 17.8 Å². The van der Waals surface area contributed by atoms with Crippen molar-refractivity contribution in [2.45, 2.75) is 60.0 Å². The van der Waals surface area contributed by atoms with Crippen LogP contribution in [0.2, 0.25) is 0 Å². The fourth-order valence-corrected chi connectivity index (χ4v) is 2.19. The zero-order valence-corrected chi connectivity index (χ0v) is 13.0. The smallest absolute Gasteiger partial charge is 0.0594 e. The van der Waals surface area contributed by atoms with E-state index in [1.807, 2.05) is 13.8 Å². The van der Waals surface area contributed by atoms with E-state index in [0.29, 0.717) is 5.92 Å². The fraction of sp³-hybridized carbons (Fsp3) is 1.00. The van der Waals surface area contributed by atoms with Gasteiger partial charge in [0.2, 0.25) is 0 Å². The van der Waals surface area contributed by atoms with Crippen molar-refractivity contribution in [1.82, 2.24) is 4.90 Å². The van der Waals surface area contributed by atoms with Gasteiger partial charge in [0.1, 0.15) is 0 Å². The largest absolute Gasteiger partial charge is 0.390 e. The maximum atomic E-state index is 9.76. The molecule has 0 saturated carbocycles. The third-order valence-electron chi connectivity index (χ3n) is 3.59. The fourth-order valence-electron chi connectivity index (χ4n) is 2.19. The van der Waals surface area contributed by atoms with Gasteiger partial charge < -0.3 is 10.0 Å². The molecule has 0 spiro atoms. The first-order valence-corrected chi connectivity index (χ1v) is 7.02. The molecular formula is C15H33NO. The van der Waals surface area contributed by atoms with E-state index in [9.17, 15) is 5.11 Å². The lowest BCUT2D eigenvalue weighted by Gasteiger charge is -2.26. The van der Waals surface area contributed by atoms with Crippen molar-refractivity contribution in [2.24, 2.45) is 17.8 Å². The molecule has 0 fully saturated rings. The molecule has 17 heavy (non-hydrogen) atoms. The monoisotopic (exact) mass is 243 g/mol. The van der Waals surface area contributed by atoms with E-state index in [0.717, 1.165) is 24.8 Å². The van der Waals surface area contributed by atoms with Crippen molar-refractivity contribution in [2.75, 3.05) is 20.1 Å². The Balaban J connectivity index is 3.80. The van der Waals surface area contributed by atoms with E-state index >= 15 is 0 Å². The van der Waals surface area contributed by atoms with Crippen LogP contribution in [0.4, 0.5) is 0 Å². The van der Waals surface area contributed by atoms with Gasteiger partial charge in [0, 0.05) is 6.54 Å². The molecule has 104 valence electrons. The summed E-state index contributed by atoms with van der Waals surface area (Å²) in [7, 11) is 2.20. The summed E-state index contributed by atoms with van der Waals surface area (Å²) in [5.41, 5.74) is -0.525. The molecule has 2 atom stereocenters. The van der Waals surface area contributed by atoms with E-state index < -0.39 is 5.60 Å². The van der Waals surface area contributed by atoms with Crippen molar-refractivity contribution in [3.05, 3.63) is 0 Å². The molecule has 0 aromatic carbocycles. The minimum atomic E-state index is -0.525. The molecule has 0 aliphatic heterocycles. The minimum Gasteiger partial charge on any atom is -0.390 e. The molecule has 0 aliphatic carbocycles. The third kappa shape index (κ3) is 9.61. The molecule has 0 radical (unpaired) electrons. The number of hydrogen-bond acceptors (Lipinski definition) is 2. The molecule has 0 heterocycles. The molecule has 0 bridgehead atoms. The van der Waals surface area contributed by atoms with Gasteiger partial charge in [-0.1, -0.05) is 27.7 Å². The standard InChI is InChI=1S/C15H33NO/c1-12(2)14(4)11-16(7)9-8-13(3)10-15(5,6)17/h12-14,17H,8-11H2,1-7H3. The summed E-state index contributed by atoms with van der Waals surface area (Å²) in [4.78, 5) is 2.42. The van der Waals surface area contributed by atoms with E-state index in [4.69, 9.17) is 0 Å². The van der Waals surface area contributed by atoms with Crippen molar-refractivity contribution >= 4 is 0 Å². The van der Waals surface area contributed by atoms with Crippen molar-refractivity contribution in [1.29, 1.82) is 0 Å². The van der Waals surface area contributed by atoms with Gasteiger partial charge in [0.15, 0.2) is 0 Å². The summed E-state index contributed by atoms with van der Waals surface area (Å²) in [5.74, 6) is 2.10. The van der Waals surface area contributed by atoms with Gasteiger partial charge in [-0.15, -0.1) is 0 Å². The number of nitrogens with zero attached hydrogens (tertiary/aromatic N) is 1. The normalized spacial score (nSPS) is 16.6. The van der Waals surface area contributed by atoms with E-state index in [1.54, 1.807) is 0 Å². The van der Waals surface area contributed by atoms with E-state index in [-0.39, 0.29) is 0 Å². The van der Waals surface area contributed by atoms with Gasteiger partial charge >= 0.3 is 0 Å². The summed E-state index contributed by atoms with van der Waals surface area (Å²) < 4.78 is 0. The van der Waals surface area contributed by atoms with Crippen molar-refractivity contribution in [3.8, 4) is 0 Å². The minimum absolute atomic E-state index is 0.525. The lowest BCUT2D eigenvalue weighted by molar-refractivity contribution is 0.0522. The number of rotatable bonds is 8. The van der Waals surface area contributed by atoms with Gasteiger partial charge in [-0.2, -0.15) is 0 Å². The molecule has 0 saturated heterocycles. The van der Waals surface area contributed by atoms with Crippen LogP contribution >= 0.6 is 0 Å². The quantitative estimate of drug-likeness (QED) is 0.706. The maximum Gasteiger partial charge on any atom is 0.0594 e. The van der Waals surface area contributed by atoms with Crippen molar-refractivity contribution < 1.29 is 5.11 Å². The second-order valence-corrected chi connectivity index (χ2v) is 6.89. The topological polar surface area (TPSA) is 23.5 Å². The van der Waals surface area contributed by atoms with Crippen LogP contribution in [-0.2, 0) is 0 Å². The predicted octanol–water partition coefficient (Wildman–Crippen LogP) is 3.40.